The predicted octanol–water partition coefficient (Wildman–Crippen LogP) is 2.83. The second-order valence-electron chi connectivity index (χ2n) is 5.87. The first kappa shape index (κ1) is 18.2. The van der Waals surface area contributed by atoms with Crippen LogP contribution < -0.4 is 10.1 Å². The zero-order valence-corrected chi connectivity index (χ0v) is 13.7. The van der Waals surface area contributed by atoms with Gasteiger partial charge in [0.1, 0.15) is 5.75 Å². The van der Waals surface area contributed by atoms with Gasteiger partial charge in [0, 0.05) is 25.3 Å². The predicted molar refractivity (Wildman–Crippen MR) is 89.0 cm³/mol. The highest BCUT2D eigenvalue weighted by Crippen LogP contribution is 2.20. The average Bonchev–Trinajstić information content (AvgIpc) is 2.61. The van der Waals surface area contributed by atoms with Gasteiger partial charge in [0.25, 0.3) is 11.6 Å². The van der Waals surface area contributed by atoms with Crippen LogP contribution in [-0.2, 0) is 9.53 Å². The highest BCUT2D eigenvalue weighted by molar-refractivity contribution is 5.77. The smallest absolute Gasteiger partial charge is 0.269 e. The Labute approximate surface area is 141 Å². The number of benzene rings is 1. The molecule has 0 heterocycles. The van der Waals surface area contributed by atoms with E-state index < -0.39 is 4.92 Å². The molecule has 1 aromatic rings. The summed E-state index contributed by atoms with van der Waals surface area (Å²) in [6.07, 6.45) is 7.28. The maximum atomic E-state index is 11.7. The number of nitro groups is 1. The maximum Gasteiger partial charge on any atom is 0.269 e. The first-order chi connectivity index (χ1) is 11.6. The zero-order chi connectivity index (χ0) is 17.2. The van der Waals surface area contributed by atoms with Gasteiger partial charge in [-0.2, -0.15) is 0 Å². The van der Waals surface area contributed by atoms with Gasteiger partial charge in [-0.1, -0.05) is 19.3 Å². The lowest BCUT2D eigenvalue weighted by molar-refractivity contribution is -0.384. The number of ether oxygens (including phenoxy) is 2. The van der Waals surface area contributed by atoms with Crippen molar-refractivity contribution in [3.63, 3.8) is 0 Å². The van der Waals surface area contributed by atoms with E-state index in [1.54, 1.807) is 0 Å². The summed E-state index contributed by atoms with van der Waals surface area (Å²) in [6.45, 7) is 1.10. The zero-order valence-electron chi connectivity index (χ0n) is 13.7. The molecule has 0 saturated heterocycles. The minimum Gasteiger partial charge on any atom is -0.484 e. The van der Waals surface area contributed by atoms with E-state index in [2.05, 4.69) is 5.32 Å². The summed E-state index contributed by atoms with van der Waals surface area (Å²) in [5.41, 5.74) is -0.00947. The monoisotopic (exact) mass is 336 g/mol. The summed E-state index contributed by atoms with van der Waals surface area (Å²) in [6, 6.07) is 5.64. The van der Waals surface area contributed by atoms with Gasteiger partial charge in [-0.05, 0) is 31.4 Å². The summed E-state index contributed by atoms with van der Waals surface area (Å²) in [5.74, 6) is 0.211. The quantitative estimate of drug-likeness (QED) is 0.425. The van der Waals surface area contributed by atoms with Crippen molar-refractivity contribution in [2.24, 2.45) is 0 Å². The lowest BCUT2D eigenvalue weighted by Crippen LogP contribution is -2.30. The molecule has 0 spiro atoms. The Morgan fingerprint density at radius 1 is 1.21 bits per heavy atom. The third-order valence-corrected chi connectivity index (χ3v) is 3.97. The number of nitro benzene ring substituents is 1. The van der Waals surface area contributed by atoms with E-state index >= 15 is 0 Å². The van der Waals surface area contributed by atoms with E-state index in [0.29, 0.717) is 25.0 Å². The Balaban J connectivity index is 1.53. The number of amides is 1. The Kier molecular flexibility index (Phi) is 7.48. The molecule has 7 heteroatoms. The van der Waals surface area contributed by atoms with Gasteiger partial charge in [0.05, 0.1) is 11.0 Å². The number of carbonyl (C=O) groups is 1. The minimum atomic E-state index is -0.480. The van der Waals surface area contributed by atoms with E-state index in [1.165, 1.54) is 43.5 Å². The molecule has 1 aliphatic rings. The third-order valence-electron chi connectivity index (χ3n) is 3.97. The number of non-ortho nitro benzene ring substituents is 1. The van der Waals surface area contributed by atoms with Crippen LogP contribution in [0.4, 0.5) is 5.69 Å². The summed E-state index contributed by atoms with van der Waals surface area (Å²) < 4.78 is 11.1. The van der Waals surface area contributed by atoms with Crippen molar-refractivity contribution in [1.29, 1.82) is 0 Å². The molecule has 0 aliphatic heterocycles. The standard InChI is InChI=1S/C17H24N2O5/c20-17(13-24-16-9-7-14(8-10-16)19(21)22)18-11-4-12-23-15-5-2-1-3-6-15/h7-10,15H,1-6,11-13H2,(H,18,20). The van der Waals surface area contributed by atoms with Crippen molar-refractivity contribution in [2.75, 3.05) is 19.8 Å². The highest BCUT2D eigenvalue weighted by Gasteiger charge is 2.13. The van der Waals surface area contributed by atoms with E-state index in [9.17, 15) is 14.9 Å². The molecule has 24 heavy (non-hydrogen) atoms. The van der Waals surface area contributed by atoms with Crippen LogP contribution in [0.2, 0.25) is 0 Å². The second-order valence-corrected chi connectivity index (χ2v) is 5.87. The molecule has 0 radical (unpaired) electrons. The van der Waals surface area contributed by atoms with Crippen molar-refractivity contribution in [3.05, 3.63) is 34.4 Å². The lowest BCUT2D eigenvalue weighted by Gasteiger charge is -2.21. The molecule has 1 saturated carbocycles. The Morgan fingerprint density at radius 3 is 2.58 bits per heavy atom. The number of hydrogen-bond donors (Lipinski definition) is 1. The summed E-state index contributed by atoms with van der Waals surface area (Å²) in [5, 5.41) is 13.3. The van der Waals surface area contributed by atoms with Crippen molar-refractivity contribution < 1.29 is 19.2 Å². The number of nitrogens with zero attached hydrogens (tertiary/aromatic N) is 1. The molecule has 2 rings (SSSR count). The van der Waals surface area contributed by atoms with E-state index in [0.717, 1.165) is 19.3 Å². The fourth-order valence-corrected chi connectivity index (χ4v) is 2.65. The van der Waals surface area contributed by atoms with E-state index in [1.807, 2.05) is 0 Å². The molecule has 7 nitrogen and oxygen atoms in total. The van der Waals surface area contributed by atoms with Gasteiger partial charge in [-0.3, -0.25) is 14.9 Å². The minimum absolute atomic E-state index is 0.00947. The molecule has 0 bridgehead atoms. The fourth-order valence-electron chi connectivity index (χ4n) is 2.65. The van der Waals surface area contributed by atoms with Gasteiger partial charge in [-0.25, -0.2) is 0 Å². The van der Waals surface area contributed by atoms with Gasteiger partial charge in [0.2, 0.25) is 0 Å². The molecule has 1 amide bonds. The van der Waals surface area contributed by atoms with Gasteiger partial charge < -0.3 is 14.8 Å². The summed E-state index contributed by atoms with van der Waals surface area (Å²) >= 11 is 0. The molecule has 0 unspecified atom stereocenters. The largest absolute Gasteiger partial charge is 0.484 e. The van der Waals surface area contributed by atoms with Crippen molar-refractivity contribution in [1.82, 2.24) is 5.32 Å². The molecule has 132 valence electrons. The first-order valence-corrected chi connectivity index (χ1v) is 8.41. The Bertz CT molecular complexity index is 526. The van der Waals surface area contributed by atoms with Crippen LogP contribution in [0.3, 0.4) is 0 Å². The topological polar surface area (TPSA) is 90.7 Å². The van der Waals surface area contributed by atoms with Crippen molar-refractivity contribution >= 4 is 11.6 Å². The molecular weight excluding hydrogens is 312 g/mol. The van der Waals surface area contributed by atoms with Crippen molar-refractivity contribution in [3.8, 4) is 5.75 Å². The first-order valence-electron chi connectivity index (χ1n) is 8.41. The van der Waals surface area contributed by atoms with E-state index in [4.69, 9.17) is 9.47 Å². The molecule has 0 aromatic heterocycles. The van der Waals surface area contributed by atoms with Crippen LogP contribution in [0.15, 0.2) is 24.3 Å². The fraction of sp³-hybridized carbons (Fsp3) is 0.588. The summed E-state index contributed by atoms with van der Waals surface area (Å²) in [4.78, 5) is 21.7. The maximum absolute atomic E-state index is 11.7. The van der Waals surface area contributed by atoms with E-state index in [-0.39, 0.29) is 18.2 Å². The van der Waals surface area contributed by atoms with Gasteiger partial charge in [0.15, 0.2) is 6.61 Å². The molecule has 0 atom stereocenters. The molecular formula is C17H24N2O5. The number of nitrogens with one attached hydrogen (secondary N) is 1. The van der Waals surface area contributed by atoms with Crippen LogP contribution in [-0.4, -0.2) is 36.7 Å². The lowest BCUT2D eigenvalue weighted by atomic mass is 9.98. The Morgan fingerprint density at radius 2 is 1.92 bits per heavy atom. The average molecular weight is 336 g/mol. The van der Waals surface area contributed by atoms with Gasteiger partial charge >= 0.3 is 0 Å². The SMILES string of the molecule is O=C(COc1ccc([N+](=O)[O-])cc1)NCCCOC1CCCCC1. The van der Waals surface area contributed by atoms with Crippen LogP contribution in [0, 0.1) is 10.1 Å². The Hall–Kier alpha value is -2.15. The molecule has 1 N–H and O–H groups in total. The van der Waals surface area contributed by atoms with Gasteiger partial charge in [-0.15, -0.1) is 0 Å². The summed E-state index contributed by atoms with van der Waals surface area (Å²) in [7, 11) is 0. The van der Waals surface area contributed by atoms with Crippen molar-refractivity contribution in [2.45, 2.75) is 44.6 Å². The van der Waals surface area contributed by atoms with Crippen LogP contribution in [0.25, 0.3) is 0 Å². The molecule has 1 aliphatic carbocycles. The highest BCUT2D eigenvalue weighted by atomic mass is 16.6. The normalized spacial score (nSPS) is 15.0. The number of hydrogen-bond acceptors (Lipinski definition) is 5. The third kappa shape index (κ3) is 6.54. The van der Waals surface area contributed by atoms with Crippen LogP contribution in [0.1, 0.15) is 38.5 Å². The molecule has 1 fully saturated rings. The van der Waals surface area contributed by atoms with Crippen LogP contribution in [0.5, 0.6) is 5.75 Å². The molecule has 1 aromatic carbocycles. The number of rotatable bonds is 9. The second kappa shape index (κ2) is 9.87. The van der Waals surface area contributed by atoms with Crippen LogP contribution >= 0.6 is 0 Å². The number of carbonyl (C=O) groups excluding carboxylic acids is 1.